The van der Waals surface area contributed by atoms with Gasteiger partial charge in [-0.1, -0.05) is 25.0 Å². The molecule has 31 heavy (non-hydrogen) atoms. The van der Waals surface area contributed by atoms with Gasteiger partial charge in [-0.25, -0.2) is 15.0 Å². The van der Waals surface area contributed by atoms with Crippen molar-refractivity contribution in [3.63, 3.8) is 0 Å². The Labute approximate surface area is 180 Å². The van der Waals surface area contributed by atoms with Gasteiger partial charge < -0.3 is 14.2 Å². The summed E-state index contributed by atoms with van der Waals surface area (Å²) in [6.45, 7) is 6.43. The van der Waals surface area contributed by atoms with Crippen molar-refractivity contribution in [2.75, 3.05) is 9.91 Å². The van der Waals surface area contributed by atoms with Crippen LogP contribution < -0.4 is 15.6 Å². The van der Waals surface area contributed by atoms with Crippen molar-refractivity contribution >= 4 is 47.0 Å². The Bertz CT molecular complexity index is 1320. The number of hydrogen-bond donors (Lipinski definition) is 0. The molecule has 3 aromatic heterocycles. The van der Waals surface area contributed by atoms with Crippen LogP contribution in [0.3, 0.4) is 0 Å². The van der Waals surface area contributed by atoms with Crippen molar-refractivity contribution in [2.24, 2.45) is 0 Å². The van der Waals surface area contributed by atoms with Crippen LogP contribution in [0.4, 0.5) is 17.3 Å². The molecule has 0 spiro atoms. The van der Waals surface area contributed by atoms with Crippen LogP contribution in [0.25, 0.3) is 17.2 Å². The fourth-order valence-corrected chi connectivity index (χ4v) is 4.80. The van der Waals surface area contributed by atoms with Crippen LogP contribution in [-0.2, 0) is 0 Å². The van der Waals surface area contributed by atoms with Crippen molar-refractivity contribution in [1.29, 1.82) is 0 Å². The summed E-state index contributed by atoms with van der Waals surface area (Å²) in [6.07, 6.45) is 7.42. The third-order valence-corrected chi connectivity index (χ3v) is 6.09. The SMILES string of the molecule is CB1c2oc3ncccc3c2C=C(C)N1N1c2nccnc2N(c2ccccc2)[C@@H]1C. The first-order valence-electron chi connectivity index (χ1n) is 10.4. The monoisotopic (exact) mass is 408 g/mol. The van der Waals surface area contributed by atoms with Crippen LogP contribution in [0.2, 0.25) is 6.82 Å². The number of pyridine rings is 1. The van der Waals surface area contributed by atoms with Gasteiger partial charge in [0.05, 0.1) is 0 Å². The molecule has 0 fully saturated rings. The maximum absolute atomic E-state index is 6.20. The van der Waals surface area contributed by atoms with Crippen LogP contribution in [0.5, 0.6) is 0 Å². The van der Waals surface area contributed by atoms with Crippen molar-refractivity contribution in [3.8, 4) is 0 Å². The van der Waals surface area contributed by atoms with Crippen LogP contribution in [-0.4, -0.2) is 32.9 Å². The first kappa shape index (κ1) is 18.0. The molecule has 8 heteroatoms. The lowest BCUT2D eigenvalue weighted by molar-refractivity contribution is 0.436. The summed E-state index contributed by atoms with van der Waals surface area (Å²) in [4.78, 5) is 18.3. The molecule has 1 atom stereocenters. The van der Waals surface area contributed by atoms with E-state index in [4.69, 9.17) is 9.40 Å². The summed E-state index contributed by atoms with van der Waals surface area (Å²) < 4.78 is 6.20. The number of fused-ring (bicyclic) bond motifs is 4. The first-order chi connectivity index (χ1) is 15.1. The number of nitrogens with zero attached hydrogens (tertiary/aromatic N) is 6. The van der Waals surface area contributed by atoms with E-state index in [2.05, 4.69) is 69.7 Å². The molecule has 0 bridgehead atoms. The van der Waals surface area contributed by atoms with Crippen molar-refractivity contribution < 1.29 is 4.42 Å². The smallest absolute Gasteiger partial charge is 0.353 e. The van der Waals surface area contributed by atoms with E-state index in [1.165, 1.54) is 0 Å². The second-order valence-electron chi connectivity index (χ2n) is 7.93. The van der Waals surface area contributed by atoms with Crippen molar-refractivity contribution in [2.45, 2.75) is 26.8 Å². The molecule has 2 aliphatic rings. The Kier molecular flexibility index (Phi) is 3.83. The minimum atomic E-state index is -0.0257. The number of hydrazine groups is 1. The second-order valence-corrected chi connectivity index (χ2v) is 7.93. The molecular weight excluding hydrogens is 387 g/mol. The second kappa shape index (κ2) is 6.60. The minimum absolute atomic E-state index is 0.0188. The maximum Gasteiger partial charge on any atom is 0.353 e. The predicted octanol–water partition coefficient (Wildman–Crippen LogP) is 4.04. The lowest BCUT2D eigenvalue weighted by Crippen LogP contribution is -2.59. The fraction of sp³-hybridized carbons (Fsp3) is 0.174. The molecular formula is C23H21BN6O. The highest BCUT2D eigenvalue weighted by molar-refractivity contribution is 6.70. The van der Waals surface area contributed by atoms with Gasteiger partial charge in [-0.3, -0.25) is 5.01 Å². The molecule has 0 saturated carbocycles. The lowest BCUT2D eigenvalue weighted by atomic mass is 9.58. The topological polar surface area (TPSA) is 61.5 Å². The molecule has 5 heterocycles. The summed E-state index contributed by atoms with van der Waals surface area (Å²) in [6, 6.07) is 14.3. The molecule has 0 amide bonds. The Balaban J connectivity index is 1.49. The van der Waals surface area contributed by atoms with E-state index >= 15 is 0 Å². The third-order valence-electron chi connectivity index (χ3n) is 6.09. The van der Waals surface area contributed by atoms with Crippen LogP contribution in [0, 0.1) is 0 Å². The van der Waals surface area contributed by atoms with E-state index in [1.807, 2.05) is 24.3 Å². The fourth-order valence-electron chi connectivity index (χ4n) is 4.80. The van der Waals surface area contributed by atoms with Gasteiger partial charge in [0.25, 0.3) is 0 Å². The molecule has 7 nitrogen and oxygen atoms in total. The van der Waals surface area contributed by atoms with E-state index in [0.29, 0.717) is 5.71 Å². The zero-order valence-corrected chi connectivity index (χ0v) is 17.6. The average Bonchev–Trinajstić information content (AvgIpc) is 3.30. The highest BCUT2D eigenvalue weighted by Crippen LogP contribution is 2.43. The quantitative estimate of drug-likeness (QED) is 0.464. The number of allylic oxidation sites excluding steroid dienone is 1. The number of furan rings is 1. The molecule has 1 aromatic carbocycles. The number of para-hydroxylation sites is 1. The van der Waals surface area contributed by atoms with Crippen LogP contribution in [0.15, 0.2) is 71.2 Å². The van der Waals surface area contributed by atoms with Gasteiger partial charge in [-0.2, -0.15) is 0 Å². The number of benzene rings is 1. The van der Waals surface area contributed by atoms with Crippen LogP contribution in [0.1, 0.15) is 19.4 Å². The maximum atomic E-state index is 6.20. The molecule has 0 N–H and O–H groups in total. The summed E-state index contributed by atoms with van der Waals surface area (Å²) in [5, 5.41) is 3.26. The Morgan fingerprint density at radius 2 is 1.71 bits per heavy atom. The Morgan fingerprint density at radius 3 is 2.52 bits per heavy atom. The number of anilines is 3. The molecule has 152 valence electrons. The highest BCUT2D eigenvalue weighted by atomic mass is 16.3. The minimum Gasteiger partial charge on any atom is -0.450 e. The van der Waals surface area contributed by atoms with Crippen molar-refractivity contribution in [1.82, 2.24) is 19.9 Å². The van der Waals surface area contributed by atoms with Gasteiger partial charge in [0.1, 0.15) is 11.8 Å². The van der Waals surface area contributed by atoms with Gasteiger partial charge in [0, 0.05) is 40.9 Å². The molecule has 4 aromatic rings. The van der Waals surface area contributed by atoms with Gasteiger partial charge in [0.15, 0.2) is 11.6 Å². The number of rotatable bonds is 2. The predicted molar refractivity (Wildman–Crippen MR) is 123 cm³/mol. The van der Waals surface area contributed by atoms with Crippen molar-refractivity contribution in [3.05, 3.63) is 72.3 Å². The van der Waals surface area contributed by atoms with E-state index in [9.17, 15) is 0 Å². The molecule has 0 radical (unpaired) electrons. The zero-order chi connectivity index (χ0) is 21.1. The molecule has 0 saturated heterocycles. The summed E-state index contributed by atoms with van der Waals surface area (Å²) in [5.74, 6) is 1.68. The average molecular weight is 408 g/mol. The molecule has 0 unspecified atom stereocenters. The Hall–Kier alpha value is -3.81. The van der Waals surface area contributed by atoms with Gasteiger partial charge in [-0.05, 0) is 44.2 Å². The molecule has 6 rings (SSSR count). The lowest BCUT2D eigenvalue weighted by Gasteiger charge is -2.43. The van der Waals surface area contributed by atoms with E-state index < -0.39 is 0 Å². The number of hydrogen-bond acceptors (Lipinski definition) is 7. The molecule has 0 aliphatic carbocycles. The molecule has 2 aliphatic heterocycles. The van der Waals surface area contributed by atoms with Crippen LogP contribution >= 0.6 is 0 Å². The standard InChI is InChI=1S/C23H21BN6O/c1-15-14-19-18-10-7-11-27-23(18)31-20(19)24(3)30(15)29-16(2)28(17-8-5-4-6-9-17)21-22(29)26-13-12-25-21/h4-14,16H,1-3H3/t16-/m0/s1. The summed E-state index contributed by atoms with van der Waals surface area (Å²) in [5.41, 5.74) is 4.89. The third kappa shape index (κ3) is 2.51. The van der Waals surface area contributed by atoms with Gasteiger partial charge in [0.2, 0.25) is 5.71 Å². The van der Waals surface area contributed by atoms with E-state index in [1.54, 1.807) is 18.6 Å². The van der Waals surface area contributed by atoms with E-state index in [0.717, 1.165) is 39.6 Å². The van der Waals surface area contributed by atoms with Gasteiger partial charge in [-0.15, -0.1) is 0 Å². The zero-order valence-electron chi connectivity index (χ0n) is 17.6. The number of aromatic nitrogens is 3. The Morgan fingerprint density at radius 1 is 0.935 bits per heavy atom. The normalized spacial score (nSPS) is 17.8. The highest BCUT2D eigenvalue weighted by Gasteiger charge is 2.45. The summed E-state index contributed by atoms with van der Waals surface area (Å²) >= 11 is 0. The first-order valence-corrected chi connectivity index (χ1v) is 10.4. The largest absolute Gasteiger partial charge is 0.450 e. The van der Waals surface area contributed by atoms with Gasteiger partial charge >= 0.3 is 6.85 Å². The summed E-state index contributed by atoms with van der Waals surface area (Å²) in [7, 11) is 0. The van der Waals surface area contributed by atoms with E-state index in [-0.39, 0.29) is 13.0 Å².